The van der Waals surface area contributed by atoms with E-state index in [0.717, 1.165) is 0 Å². The summed E-state index contributed by atoms with van der Waals surface area (Å²) in [4.78, 5) is 4.01. The molecule has 12 heavy (non-hydrogen) atoms. The van der Waals surface area contributed by atoms with E-state index in [1.165, 1.54) is 18.4 Å². The van der Waals surface area contributed by atoms with Crippen LogP contribution < -0.4 is 5.32 Å². The minimum Gasteiger partial charge on any atom is -0.307 e. The van der Waals surface area contributed by atoms with E-state index >= 15 is 0 Å². The summed E-state index contributed by atoms with van der Waals surface area (Å²) in [6, 6.07) is 5.41. The second-order valence-corrected chi connectivity index (χ2v) is 3.48. The maximum Gasteiger partial charge on any atom is 0.0324 e. The Morgan fingerprint density at radius 1 is 1.33 bits per heavy atom. The van der Waals surface area contributed by atoms with Crippen molar-refractivity contribution in [1.82, 2.24) is 10.3 Å². The lowest BCUT2D eigenvalue weighted by Crippen LogP contribution is -2.20. The van der Waals surface area contributed by atoms with Gasteiger partial charge in [-0.2, -0.15) is 0 Å². The third kappa shape index (κ3) is 1.48. The van der Waals surface area contributed by atoms with E-state index in [9.17, 15) is 0 Å². The molecule has 1 saturated heterocycles. The first-order valence-electron chi connectivity index (χ1n) is 4.52. The molecule has 0 saturated carbocycles. The predicted octanol–water partition coefficient (Wildman–Crippen LogP) is 1.89. The number of hydrogen-bond acceptors (Lipinski definition) is 2. The van der Waals surface area contributed by atoms with Gasteiger partial charge in [0, 0.05) is 24.5 Å². The van der Waals surface area contributed by atoms with Crippen molar-refractivity contribution in [2.45, 2.75) is 31.8 Å². The lowest BCUT2D eigenvalue weighted by atomic mass is 10.1. The molecule has 1 aromatic rings. The van der Waals surface area contributed by atoms with Crippen LogP contribution in [0.5, 0.6) is 0 Å². The van der Waals surface area contributed by atoms with Crippen molar-refractivity contribution in [3.63, 3.8) is 0 Å². The van der Waals surface area contributed by atoms with Crippen LogP contribution in [0.3, 0.4) is 0 Å². The monoisotopic (exact) mass is 162 g/mol. The van der Waals surface area contributed by atoms with E-state index in [1.807, 2.05) is 12.4 Å². The van der Waals surface area contributed by atoms with Gasteiger partial charge in [0.1, 0.15) is 0 Å². The fraction of sp³-hybridized carbons (Fsp3) is 0.500. The highest BCUT2D eigenvalue weighted by molar-refractivity contribution is 5.16. The van der Waals surface area contributed by atoms with Crippen LogP contribution in [-0.4, -0.2) is 11.0 Å². The van der Waals surface area contributed by atoms with Crippen LogP contribution in [0.25, 0.3) is 0 Å². The van der Waals surface area contributed by atoms with Gasteiger partial charge in [-0.05, 0) is 37.5 Å². The van der Waals surface area contributed by atoms with Crippen LogP contribution in [0, 0.1) is 0 Å². The van der Waals surface area contributed by atoms with Crippen molar-refractivity contribution in [3.8, 4) is 0 Å². The summed E-state index contributed by atoms with van der Waals surface area (Å²) in [7, 11) is 0. The van der Waals surface area contributed by atoms with Crippen molar-refractivity contribution >= 4 is 0 Å². The second-order valence-electron chi connectivity index (χ2n) is 3.48. The minimum absolute atomic E-state index is 0.558. The van der Waals surface area contributed by atoms with Crippen LogP contribution in [0.2, 0.25) is 0 Å². The molecule has 2 heteroatoms. The number of pyridine rings is 1. The summed E-state index contributed by atoms with van der Waals surface area (Å²) in [5.74, 6) is 0. The summed E-state index contributed by atoms with van der Waals surface area (Å²) >= 11 is 0. The molecule has 64 valence electrons. The molecule has 2 heterocycles. The van der Waals surface area contributed by atoms with Crippen molar-refractivity contribution in [3.05, 3.63) is 30.1 Å². The Labute approximate surface area is 73.0 Å². The molecule has 0 spiro atoms. The van der Waals surface area contributed by atoms with Gasteiger partial charge < -0.3 is 5.32 Å². The summed E-state index contributed by atoms with van der Waals surface area (Å²) in [5, 5.41) is 3.54. The SMILES string of the molecule is C[C@H]1CCC(c2ccncc2)N1. The zero-order valence-corrected chi connectivity index (χ0v) is 7.33. The fourth-order valence-corrected chi connectivity index (χ4v) is 1.79. The number of nitrogens with zero attached hydrogens (tertiary/aromatic N) is 1. The molecule has 1 N–H and O–H groups in total. The van der Waals surface area contributed by atoms with Gasteiger partial charge in [0.15, 0.2) is 0 Å². The summed E-state index contributed by atoms with van der Waals surface area (Å²) in [5.41, 5.74) is 1.37. The van der Waals surface area contributed by atoms with Gasteiger partial charge in [-0.3, -0.25) is 4.98 Å². The summed E-state index contributed by atoms with van der Waals surface area (Å²) in [6.07, 6.45) is 6.26. The van der Waals surface area contributed by atoms with Crippen LogP contribution >= 0.6 is 0 Å². The van der Waals surface area contributed by atoms with E-state index in [0.29, 0.717) is 12.1 Å². The molecule has 0 aliphatic carbocycles. The Hall–Kier alpha value is -0.890. The second kappa shape index (κ2) is 3.23. The molecule has 1 aromatic heterocycles. The van der Waals surface area contributed by atoms with Gasteiger partial charge in [-0.15, -0.1) is 0 Å². The van der Waals surface area contributed by atoms with Crippen molar-refractivity contribution < 1.29 is 0 Å². The number of hydrogen-bond donors (Lipinski definition) is 1. The number of rotatable bonds is 1. The smallest absolute Gasteiger partial charge is 0.0324 e. The first-order valence-corrected chi connectivity index (χ1v) is 4.52. The lowest BCUT2D eigenvalue weighted by molar-refractivity contribution is 0.585. The summed E-state index contributed by atoms with van der Waals surface area (Å²) in [6.45, 7) is 2.24. The highest BCUT2D eigenvalue weighted by Crippen LogP contribution is 2.25. The molecule has 0 amide bonds. The van der Waals surface area contributed by atoms with Crippen molar-refractivity contribution in [2.24, 2.45) is 0 Å². The van der Waals surface area contributed by atoms with E-state index < -0.39 is 0 Å². The Morgan fingerprint density at radius 3 is 2.67 bits per heavy atom. The molecule has 2 nitrogen and oxygen atoms in total. The Bertz CT molecular complexity index is 245. The zero-order chi connectivity index (χ0) is 8.39. The average Bonchev–Trinajstić information content (AvgIpc) is 2.54. The molecule has 0 aromatic carbocycles. The van der Waals surface area contributed by atoms with Gasteiger partial charge in [-0.25, -0.2) is 0 Å². The average molecular weight is 162 g/mol. The highest BCUT2D eigenvalue weighted by atomic mass is 15.0. The first kappa shape index (κ1) is 7.74. The highest BCUT2D eigenvalue weighted by Gasteiger charge is 2.20. The van der Waals surface area contributed by atoms with Crippen LogP contribution in [-0.2, 0) is 0 Å². The van der Waals surface area contributed by atoms with Gasteiger partial charge in [0.05, 0.1) is 0 Å². The molecule has 0 radical (unpaired) electrons. The van der Waals surface area contributed by atoms with Gasteiger partial charge in [-0.1, -0.05) is 0 Å². The molecule has 1 aliphatic heterocycles. The lowest BCUT2D eigenvalue weighted by Gasteiger charge is -2.10. The Balaban J connectivity index is 2.11. The molecular weight excluding hydrogens is 148 g/mol. The fourth-order valence-electron chi connectivity index (χ4n) is 1.79. The Kier molecular flexibility index (Phi) is 2.09. The first-order chi connectivity index (χ1) is 5.86. The van der Waals surface area contributed by atoms with Crippen LogP contribution in [0.4, 0.5) is 0 Å². The molecule has 0 bridgehead atoms. The maximum absolute atomic E-state index is 4.01. The zero-order valence-electron chi connectivity index (χ0n) is 7.33. The topological polar surface area (TPSA) is 24.9 Å². The van der Waals surface area contributed by atoms with Crippen molar-refractivity contribution in [2.75, 3.05) is 0 Å². The molecule has 2 atom stereocenters. The number of nitrogens with one attached hydrogen (secondary N) is 1. The van der Waals surface area contributed by atoms with E-state index in [4.69, 9.17) is 0 Å². The van der Waals surface area contributed by atoms with Gasteiger partial charge >= 0.3 is 0 Å². The third-order valence-electron chi connectivity index (χ3n) is 2.48. The molecular formula is C10H14N2. The number of aromatic nitrogens is 1. The molecule has 2 rings (SSSR count). The molecule has 1 unspecified atom stereocenters. The van der Waals surface area contributed by atoms with E-state index in [2.05, 4.69) is 29.4 Å². The molecule has 1 fully saturated rings. The normalized spacial score (nSPS) is 29.1. The van der Waals surface area contributed by atoms with Crippen molar-refractivity contribution in [1.29, 1.82) is 0 Å². The quantitative estimate of drug-likeness (QED) is 0.682. The molecule has 1 aliphatic rings. The standard InChI is InChI=1S/C10H14N2/c1-8-2-3-10(12-8)9-4-6-11-7-5-9/h4-8,10,12H,2-3H2,1H3/t8-,10?/m0/s1. The largest absolute Gasteiger partial charge is 0.307 e. The predicted molar refractivity (Wildman–Crippen MR) is 48.8 cm³/mol. The summed E-state index contributed by atoms with van der Waals surface area (Å²) < 4.78 is 0. The van der Waals surface area contributed by atoms with E-state index in [1.54, 1.807) is 0 Å². The van der Waals surface area contributed by atoms with Crippen LogP contribution in [0.15, 0.2) is 24.5 Å². The van der Waals surface area contributed by atoms with Crippen LogP contribution in [0.1, 0.15) is 31.4 Å². The van der Waals surface area contributed by atoms with Gasteiger partial charge in [0.25, 0.3) is 0 Å². The third-order valence-corrected chi connectivity index (χ3v) is 2.48. The van der Waals surface area contributed by atoms with Gasteiger partial charge in [0.2, 0.25) is 0 Å². The minimum atomic E-state index is 0.558. The van der Waals surface area contributed by atoms with E-state index in [-0.39, 0.29) is 0 Å². The maximum atomic E-state index is 4.01. The Morgan fingerprint density at radius 2 is 2.08 bits per heavy atom.